The minimum atomic E-state index is 0.0442. The van der Waals surface area contributed by atoms with Gasteiger partial charge in [-0.15, -0.1) is 0 Å². The maximum absolute atomic E-state index is 11.7. The third-order valence-corrected chi connectivity index (χ3v) is 2.18. The molecular weight excluding hydrogens is 176 g/mol. The molecule has 1 rings (SSSR count). The number of hydrogen-bond acceptors (Lipinski definition) is 3. The van der Waals surface area contributed by atoms with Gasteiger partial charge in [-0.05, 0) is 14.1 Å². The number of ketones is 1. The van der Waals surface area contributed by atoms with Crippen molar-refractivity contribution in [2.75, 3.05) is 14.1 Å². The predicted molar refractivity (Wildman–Crippen MR) is 57.3 cm³/mol. The van der Waals surface area contributed by atoms with E-state index in [1.165, 1.54) is 0 Å². The number of rotatable bonds is 5. The summed E-state index contributed by atoms with van der Waals surface area (Å²) in [6.07, 6.45) is 0.513. The Labute approximate surface area is 84.5 Å². The maximum Gasteiger partial charge on any atom is 0.165 e. The van der Waals surface area contributed by atoms with Gasteiger partial charge in [0, 0.05) is 12.0 Å². The molecule has 3 heteroatoms. The zero-order valence-corrected chi connectivity index (χ0v) is 8.58. The van der Waals surface area contributed by atoms with E-state index in [1.807, 2.05) is 44.4 Å². The smallest absolute Gasteiger partial charge is 0.165 e. The standard InChI is InChI=1S/C11H16N2O/c1-12-11(13-2)8-10(14)9-6-4-3-5-7-9/h3-7,11-13H,8H2,1-2H3. The van der Waals surface area contributed by atoms with Gasteiger partial charge >= 0.3 is 0 Å². The van der Waals surface area contributed by atoms with E-state index < -0.39 is 0 Å². The van der Waals surface area contributed by atoms with Crippen LogP contribution in [0.25, 0.3) is 0 Å². The normalized spacial score (nSPS) is 10.5. The molecule has 0 spiro atoms. The maximum atomic E-state index is 11.7. The third-order valence-electron chi connectivity index (χ3n) is 2.18. The summed E-state index contributed by atoms with van der Waals surface area (Å²) < 4.78 is 0. The highest BCUT2D eigenvalue weighted by Crippen LogP contribution is 2.03. The molecule has 0 unspecified atom stereocenters. The van der Waals surface area contributed by atoms with Gasteiger partial charge in [-0.25, -0.2) is 0 Å². The van der Waals surface area contributed by atoms with Crippen LogP contribution < -0.4 is 10.6 Å². The van der Waals surface area contributed by atoms with E-state index in [1.54, 1.807) is 0 Å². The second-order valence-corrected chi connectivity index (χ2v) is 3.12. The Bertz CT molecular complexity index is 281. The lowest BCUT2D eigenvalue weighted by Crippen LogP contribution is -2.39. The molecule has 0 radical (unpaired) electrons. The quantitative estimate of drug-likeness (QED) is 0.540. The van der Waals surface area contributed by atoms with Crippen LogP contribution in [0.5, 0.6) is 0 Å². The molecule has 0 atom stereocenters. The Morgan fingerprint density at radius 1 is 1.21 bits per heavy atom. The van der Waals surface area contributed by atoms with E-state index in [9.17, 15) is 4.79 Å². The van der Waals surface area contributed by atoms with Crippen molar-refractivity contribution < 1.29 is 4.79 Å². The van der Waals surface area contributed by atoms with Gasteiger partial charge in [-0.1, -0.05) is 30.3 Å². The molecular formula is C11H16N2O. The summed E-state index contributed by atoms with van der Waals surface area (Å²) in [7, 11) is 3.67. The number of carbonyl (C=O) groups is 1. The Morgan fingerprint density at radius 2 is 1.79 bits per heavy atom. The topological polar surface area (TPSA) is 41.1 Å². The molecule has 0 saturated carbocycles. The van der Waals surface area contributed by atoms with Crippen molar-refractivity contribution >= 4 is 5.78 Å². The van der Waals surface area contributed by atoms with Crippen LogP contribution in [-0.4, -0.2) is 26.0 Å². The lowest BCUT2D eigenvalue weighted by Gasteiger charge is -2.13. The summed E-state index contributed by atoms with van der Waals surface area (Å²) in [6, 6.07) is 9.34. The van der Waals surface area contributed by atoms with Crippen LogP contribution in [0.15, 0.2) is 30.3 Å². The van der Waals surface area contributed by atoms with Crippen LogP contribution in [-0.2, 0) is 0 Å². The van der Waals surface area contributed by atoms with Gasteiger partial charge in [-0.2, -0.15) is 0 Å². The molecule has 0 heterocycles. The molecule has 0 bridgehead atoms. The first-order valence-electron chi connectivity index (χ1n) is 4.70. The van der Waals surface area contributed by atoms with Gasteiger partial charge in [-0.3, -0.25) is 4.79 Å². The fraction of sp³-hybridized carbons (Fsp3) is 0.364. The van der Waals surface area contributed by atoms with Gasteiger partial charge in [0.2, 0.25) is 0 Å². The molecule has 0 aliphatic rings. The summed E-state index contributed by atoms with van der Waals surface area (Å²) in [4.78, 5) is 11.7. The molecule has 14 heavy (non-hydrogen) atoms. The zero-order chi connectivity index (χ0) is 10.4. The second kappa shape index (κ2) is 5.52. The highest BCUT2D eigenvalue weighted by Gasteiger charge is 2.10. The van der Waals surface area contributed by atoms with Gasteiger partial charge in [0.1, 0.15) is 0 Å². The Kier molecular flexibility index (Phi) is 4.29. The van der Waals surface area contributed by atoms with Crippen LogP contribution in [0, 0.1) is 0 Å². The lowest BCUT2D eigenvalue weighted by atomic mass is 10.1. The van der Waals surface area contributed by atoms with Crippen LogP contribution in [0.1, 0.15) is 16.8 Å². The summed E-state index contributed by atoms with van der Waals surface area (Å²) in [6.45, 7) is 0. The fourth-order valence-corrected chi connectivity index (χ4v) is 1.28. The van der Waals surface area contributed by atoms with Crippen molar-refractivity contribution in [2.24, 2.45) is 0 Å². The molecule has 0 saturated heterocycles. The number of benzene rings is 1. The number of Topliss-reactive ketones (excluding diaryl/α,β-unsaturated/α-hetero) is 1. The van der Waals surface area contributed by atoms with Crippen molar-refractivity contribution in [1.82, 2.24) is 10.6 Å². The average Bonchev–Trinajstić information content (AvgIpc) is 2.26. The second-order valence-electron chi connectivity index (χ2n) is 3.12. The van der Waals surface area contributed by atoms with Crippen molar-refractivity contribution in [2.45, 2.75) is 12.6 Å². The number of nitrogens with one attached hydrogen (secondary N) is 2. The Balaban J connectivity index is 2.59. The average molecular weight is 192 g/mol. The molecule has 0 aromatic heterocycles. The van der Waals surface area contributed by atoms with Gasteiger partial charge in [0.15, 0.2) is 5.78 Å². The molecule has 0 amide bonds. The van der Waals surface area contributed by atoms with Crippen molar-refractivity contribution in [3.05, 3.63) is 35.9 Å². The van der Waals surface area contributed by atoms with E-state index in [-0.39, 0.29) is 11.9 Å². The molecule has 76 valence electrons. The number of hydrogen-bond donors (Lipinski definition) is 2. The van der Waals surface area contributed by atoms with E-state index in [4.69, 9.17) is 0 Å². The van der Waals surface area contributed by atoms with Crippen LogP contribution in [0.2, 0.25) is 0 Å². The highest BCUT2D eigenvalue weighted by atomic mass is 16.1. The summed E-state index contributed by atoms with van der Waals surface area (Å²) in [5.74, 6) is 0.152. The molecule has 1 aromatic carbocycles. The third kappa shape index (κ3) is 2.94. The van der Waals surface area contributed by atoms with Gasteiger partial charge in [0.25, 0.3) is 0 Å². The van der Waals surface area contributed by atoms with Crippen LogP contribution in [0.3, 0.4) is 0 Å². The Morgan fingerprint density at radius 3 is 2.29 bits per heavy atom. The molecule has 1 aromatic rings. The summed E-state index contributed by atoms with van der Waals surface area (Å²) in [5.41, 5.74) is 0.767. The van der Waals surface area contributed by atoms with E-state index in [2.05, 4.69) is 10.6 Å². The summed E-state index contributed by atoms with van der Waals surface area (Å²) in [5, 5.41) is 6.04. The molecule has 0 aliphatic carbocycles. The zero-order valence-electron chi connectivity index (χ0n) is 8.58. The fourth-order valence-electron chi connectivity index (χ4n) is 1.28. The minimum Gasteiger partial charge on any atom is -0.305 e. The monoisotopic (exact) mass is 192 g/mol. The number of carbonyl (C=O) groups excluding carboxylic acids is 1. The van der Waals surface area contributed by atoms with E-state index in [0.29, 0.717) is 6.42 Å². The van der Waals surface area contributed by atoms with Gasteiger partial charge < -0.3 is 10.6 Å². The molecule has 0 fully saturated rings. The highest BCUT2D eigenvalue weighted by molar-refractivity contribution is 5.96. The van der Waals surface area contributed by atoms with Crippen molar-refractivity contribution in [3.63, 3.8) is 0 Å². The minimum absolute atomic E-state index is 0.0442. The Hall–Kier alpha value is -1.19. The predicted octanol–water partition coefficient (Wildman–Crippen LogP) is 1.02. The van der Waals surface area contributed by atoms with E-state index >= 15 is 0 Å². The molecule has 0 aliphatic heterocycles. The first kappa shape index (κ1) is 10.9. The lowest BCUT2D eigenvalue weighted by molar-refractivity contribution is 0.0965. The first-order chi connectivity index (χ1) is 6.77. The largest absolute Gasteiger partial charge is 0.305 e. The first-order valence-corrected chi connectivity index (χ1v) is 4.70. The molecule has 2 N–H and O–H groups in total. The van der Waals surface area contributed by atoms with Gasteiger partial charge in [0.05, 0.1) is 6.17 Å². The molecule has 3 nitrogen and oxygen atoms in total. The van der Waals surface area contributed by atoms with Crippen LogP contribution in [0.4, 0.5) is 0 Å². The van der Waals surface area contributed by atoms with Crippen molar-refractivity contribution in [3.8, 4) is 0 Å². The van der Waals surface area contributed by atoms with E-state index in [0.717, 1.165) is 5.56 Å². The van der Waals surface area contributed by atoms with Crippen molar-refractivity contribution in [1.29, 1.82) is 0 Å². The SMILES string of the molecule is CNC(CC(=O)c1ccccc1)NC. The summed E-state index contributed by atoms with van der Waals surface area (Å²) >= 11 is 0. The van der Waals surface area contributed by atoms with Crippen LogP contribution >= 0.6 is 0 Å².